The van der Waals surface area contributed by atoms with E-state index in [1.54, 1.807) is 5.57 Å². The van der Waals surface area contributed by atoms with Crippen LogP contribution in [0.1, 0.15) is 62.1 Å². The van der Waals surface area contributed by atoms with Crippen LogP contribution in [0.3, 0.4) is 0 Å². The molecule has 5 rings (SSSR count). The van der Waals surface area contributed by atoms with E-state index in [1.807, 2.05) is 0 Å². The first-order valence-electron chi connectivity index (χ1n) is 11.3. The molecule has 3 aliphatic heterocycles. The van der Waals surface area contributed by atoms with Gasteiger partial charge in [0.15, 0.2) is 0 Å². The largest absolute Gasteiger partial charge is 0.317 e. The number of aryl methyl sites for hydroxylation is 1. The molecule has 1 N–H and O–H groups in total. The summed E-state index contributed by atoms with van der Waals surface area (Å²) < 4.78 is 0. The number of likely N-dealkylation sites (tertiary alicyclic amines) is 1. The molecule has 0 radical (unpaired) electrons. The molecule has 1 aromatic carbocycles. The van der Waals surface area contributed by atoms with Crippen LogP contribution in [0.25, 0.3) is 0 Å². The number of nitrogens with one attached hydrogen (secondary N) is 1. The van der Waals surface area contributed by atoms with Crippen molar-refractivity contribution in [2.24, 2.45) is 16.8 Å². The van der Waals surface area contributed by atoms with Crippen LogP contribution in [0, 0.1) is 11.8 Å². The summed E-state index contributed by atoms with van der Waals surface area (Å²) in [4.78, 5) is 7.70. The van der Waals surface area contributed by atoms with E-state index >= 15 is 0 Å². The van der Waals surface area contributed by atoms with Crippen molar-refractivity contribution in [2.45, 2.75) is 57.4 Å². The molecular formula is C24H32ClN3. The zero-order valence-corrected chi connectivity index (χ0v) is 17.6. The molecule has 0 amide bonds. The Morgan fingerprint density at radius 2 is 1.75 bits per heavy atom. The predicted molar refractivity (Wildman–Crippen MR) is 117 cm³/mol. The summed E-state index contributed by atoms with van der Waals surface area (Å²) >= 11 is 6.36. The topological polar surface area (TPSA) is 27.6 Å². The van der Waals surface area contributed by atoms with Crippen LogP contribution in [0.4, 0.5) is 0 Å². The Labute approximate surface area is 174 Å². The SMILES string of the molecule is Clc1ccc2c(c1)CCC1=C(N=CCC1)C2N1CCC(C2CCNCC2)CC1. The quantitative estimate of drug-likeness (QED) is 0.746. The molecule has 1 aromatic rings. The molecule has 0 bridgehead atoms. The van der Waals surface area contributed by atoms with Gasteiger partial charge >= 0.3 is 0 Å². The number of halogens is 1. The molecule has 4 heteroatoms. The minimum absolute atomic E-state index is 0.329. The Morgan fingerprint density at radius 1 is 0.964 bits per heavy atom. The Morgan fingerprint density at radius 3 is 2.57 bits per heavy atom. The predicted octanol–water partition coefficient (Wildman–Crippen LogP) is 5.16. The third-order valence-electron chi connectivity index (χ3n) is 7.51. The Hall–Kier alpha value is -1.16. The first-order valence-corrected chi connectivity index (χ1v) is 11.6. The van der Waals surface area contributed by atoms with Crippen molar-refractivity contribution in [1.29, 1.82) is 0 Å². The molecule has 0 spiro atoms. The summed E-state index contributed by atoms with van der Waals surface area (Å²) in [6, 6.07) is 6.89. The summed E-state index contributed by atoms with van der Waals surface area (Å²) in [5, 5.41) is 4.39. The summed E-state index contributed by atoms with van der Waals surface area (Å²) in [5.41, 5.74) is 5.82. The molecule has 3 heterocycles. The number of benzene rings is 1. The Balaban J connectivity index is 1.41. The van der Waals surface area contributed by atoms with Crippen LogP contribution in [0.15, 0.2) is 34.5 Å². The van der Waals surface area contributed by atoms with E-state index in [4.69, 9.17) is 16.6 Å². The van der Waals surface area contributed by atoms with Gasteiger partial charge in [0.1, 0.15) is 0 Å². The van der Waals surface area contributed by atoms with Gasteiger partial charge in [-0.2, -0.15) is 0 Å². The lowest BCUT2D eigenvalue weighted by Gasteiger charge is -2.42. The number of fused-ring (bicyclic) bond motifs is 1. The lowest BCUT2D eigenvalue weighted by molar-refractivity contribution is 0.107. The molecule has 1 aliphatic carbocycles. The Bertz CT molecular complexity index is 770. The zero-order valence-electron chi connectivity index (χ0n) is 16.8. The third-order valence-corrected chi connectivity index (χ3v) is 7.75. The fourth-order valence-corrected chi connectivity index (χ4v) is 6.16. The normalized spacial score (nSPS) is 27.4. The number of piperidine rings is 2. The minimum atomic E-state index is 0.329. The minimum Gasteiger partial charge on any atom is -0.317 e. The maximum absolute atomic E-state index is 6.36. The van der Waals surface area contributed by atoms with Crippen molar-refractivity contribution in [1.82, 2.24) is 10.2 Å². The smallest absolute Gasteiger partial charge is 0.0778 e. The monoisotopic (exact) mass is 397 g/mol. The second-order valence-corrected chi connectivity index (χ2v) is 9.48. The van der Waals surface area contributed by atoms with Gasteiger partial charge in [0.25, 0.3) is 0 Å². The van der Waals surface area contributed by atoms with Gasteiger partial charge in [-0.05, 0) is 118 Å². The molecule has 1 unspecified atom stereocenters. The van der Waals surface area contributed by atoms with E-state index in [9.17, 15) is 0 Å². The highest BCUT2D eigenvalue weighted by Crippen LogP contribution is 2.43. The number of hydrogen-bond acceptors (Lipinski definition) is 3. The highest BCUT2D eigenvalue weighted by atomic mass is 35.5. The van der Waals surface area contributed by atoms with Crippen molar-refractivity contribution in [3.05, 3.63) is 45.6 Å². The fraction of sp³-hybridized carbons (Fsp3) is 0.625. The van der Waals surface area contributed by atoms with Crippen LogP contribution in [-0.2, 0) is 6.42 Å². The molecule has 2 fully saturated rings. The summed E-state index contributed by atoms with van der Waals surface area (Å²) in [6.45, 7) is 4.83. The second kappa shape index (κ2) is 8.30. The van der Waals surface area contributed by atoms with Gasteiger partial charge in [-0.1, -0.05) is 17.7 Å². The molecule has 150 valence electrons. The van der Waals surface area contributed by atoms with E-state index in [-0.39, 0.29) is 0 Å². The van der Waals surface area contributed by atoms with Crippen molar-refractivity contribution in [3.63, 3.8) is 0 Å². The maximum atomic E-state index is 6.36. The number of rotatable bonds is 2. The summed E-state index contributed by atoms with van der Waals surface area (Å²) in [6.07, 6.45) is 12.1. The maximum Gasteiger partial charge on any atom is 0.0778 e. The van der Waals surface area contributed by atoms with Gasteiger partial charge in [0.2, 0.25) is 0 Å². The lowest BCUT2D eigenvalue weighted by atomic mass is 9.78. The van der Waals surface area contributed by atoms with Crippen LogP contribution in [0.5, 0.6) is 0 Å². The van der Waals surface area contributed by atoms with E-state index in [0.29, 0.717) is 6.04 Å². The van der Waals surface area contributed by atoms with E-state index in [0.717, 1.165) is 36.1 Å². The van der Waals surface area contributed by atoms with Crippen molar-refractivity contribution in [2.75, 3.05) is 26.2 Å². The molecule has 2 saturated heterocycles. The van der Waals surface area contributed by atoms with Gasteiger partial charge in [-0.15, -0.1) is 0 Å². The lowest BCUT2D eigenvalue weighted by Crippen LogP contribution is -2.41. The molecule has 28 heavy (non-hydrogen) atoms. The number of allylic oxidation sites excluding steroid dienone is 1. The van der Waals surface area contributed by atoms with Gasteiger partial charge < -0.3 is 5.32 Å². The van der Waals surface area contributed by atoms with Gasteiger partial charge in [-0.3, -0.25) is 9.89 Å². The number of aliphatic imine (C=N–C) groups is 1. The van der Waals surface area contributed by atoms with Crippen LogP contribution < -0.4 is 5.32 Å². The first-order chi connectivity index (χ1) is 13.8. The second-order valence-electron chi connectivity index (χ2n) is 9.05. The number of hydrogen-bond donors (Lipinski definition) is 1. The summed E-state index contributed by atoms with van der Waals surface area (Å²) in [5.74, 6) is 1.85. The molecule has 1 atom stereocenters. The first kappa shape index (κ1) is 18.8. The molecular weight excluding hydrogens is 366 g/mol. The van der Waals surface area contributed by atoms with Crippen molar-refractivity contribution < 1.29 is 0 Å². The average Bonchev–Trinajstić information content (AvgIpc) is 2.91. The summed E-state index contributed by atoms with van der Waals surface area (Å²) in [7, 11) is 0. The fourth-order valence-electron chi connectivity index (χ4n) is 5.96. The molecule has 0 aromatic heterocycles. The highest BCUT2D eigenvalue weighted by Gasteiger charge is 2.35. The molecule has 3 nitrogen and oxygen atoms in total. The van der Waals surface area contributed by atoms with Crippen molar-refractivity contribution in [3.8, 4) is 0 Å². The number of nitrogens with zero attached hydrogens (tertiary/aromatic N) is 2. The zero-order chi connectivity index (χ0) is 18.9. The van der Waals surface area contributed by atoms with Crippen LogP contribution in [-0.4, -0.2) is 37.3 Å². The Kier molecular flexibility index (Phi) is 5.58. The van der Waals surface area contributed by atoms with Gasteiger partial charge in [0.05, 0.1) is 11.7 Å². The molecule has 4 aliphatic rings. The highest BCUT2D eigenvalue weighted by molar-refractivity contribution is 6.30. The van der Waals surface area contributed by atoms with Crippen molar-refractivity contribution >= 4 is 17.8 Å². The standard InChI is InChI=1S/C24H32ClN3/c25-21-5-6-22-20(16-21)4-3-19-2-1-11-27-23(19)24(22)28-14-9-18(10-15-28)17-7-12-26-13-8-17/h5-6,11,16-18,24,26H,1-4,7-10,12-15H2. The third kappa shape index (κ3) is 3.69. The average molecular weight is 398 g/mol. The van der Waals surface area contributed by atoms with Crippen LogP contribution in [0.2, 0.25) is 5.02 Å². The van der Waals surface area contributed by atoms with Gasteiger partial charge in [-0.25, -0.2) is 0 Å². The van der Waals surface area contributed by atoms with E-state index in [1.165, 1.54) is 75.1 Å². The van der Waals surface area contributed by atoms with E-state index < -0.39 is 0 Å². The van der Waals surface area contributed by atoms with E-state index in [2.05, 4.69) is 34.6 Å². The van der Waals surface area contributed by atoms with Crippen LogP contribution >= 0.6 is 11.6 Å². The molecule has 0 saturated carbocycles. The van der Waals surface area contributed by atoms with Gasteiger partial charge in [0, 0.05) is 11.2 Å².